The van der Waals surface area contributed by atoms with Gasteiger partial charge in [0, 0.05) is 17.9 Å². The van der Waals surface area contributed by atoms with E-state index in [4.69, 9.17) is 5.73 Å². The molecule has 0 unspecified atom stereocenters. The Kier molecular flexibility index (Phi) is 4.12. The molecule has 88 valence electrons. The van der Waals surface area contributed by atoms with Crippen molar-refractivity contribution in [1.29, 1.82) is 0 Å². The molecule has 0 fully saturated rings. The van der Waals surface area contributed by atoms with Crippen LogP contribution in [0.4, 0.5) is 11.4 Å². The number of amides is 1. The Balaban J connectivity index is 2.41. The van der Waals surface area contributed by atoms with Crippen molar-refractivity contribution < 1.29 is 13.2 Å². The molecule has 0 aliphatic rings. The lowest BCUT2D eigenvalue weighted by atomic mass is 10.3. The number of nitrogen functional groups attached to an aromatic ring is 1. The lowest BCUT2D eigenvalue weighted by molar-refractivity contribution is -0.108. The van der Waals surface area contributed by atoms with E-state index in [-0.39, 0.29) is 18.7 Å². The Bertz CT molecular complexity index is 442. The van der Waals surface area contributed by atoms with Crippen LogP contribution in [0.25, 0.3) is 0 Å². The van der Waals surface area contributed by atoms with Crippen LogP contribution in [0, 0.1) is 0 Å². The van der Waals surface area contributed by atoms with Crippen LogP contribution in [0.1, 0.15) is 0 Å². The second kappa shape index (κ2) is 5.36. The van der Waals surface area contributed by atoms with Gasteiger partial charge in [0.25, 0.3) is 0 Å². The zero-order valence-corrected chi connectivity index (χ0v) is 9.33. The summed E-state index contributed by atoms with van der Waals surface area (Å²) in [5.41, 5.74) is 6.90. The molecule has 4 N–H and O–H groups in total. The van der Waals surface area contributed by atoms with E-state index in [2.05, 4.69) is 5.32 Å². The van der Waals surface area contributed by atoms with Crippen molar-refractivity contribution in [2.24, 2.45) is 0 Å². The fourth-order valence-electron chi connectivity index (χ4n) is 1.06. The molecule has 16 heavy (non-hydrogen) atoms. The van der Waals surface area contributed by atoms with E-state index >= 15 is 0 Å². The first-order valence-electron chi connectivity index (χ1n) is 4.56. The summed E-state index contributed by atoms with van der Waals surface area (Å²) in [6, 6.07) is 6.91. The minimum atomic E-state index is -3.52. The molecule has 0 aromatic heterocycles. The topological polar surface area (TPSA) is 101 Å². The van der Waals surface area contributed by atoms with E-state index in [1.165, 1.54) is 0 Å². The number of rotatable bonds is 6. The van der Waals surface area contributed by atoms with Crippen LogP contribution < -0.4 is 15.8 Å². The Morgan fingerprint density at radius 3 is 2.44 bits per heavy atom. The SMILES string of the molecule is Nc1ccc(NCCS(=O)(=O)NC=O)cc1. The predicted octanol–water partition coefficient (Wildman–Crippen LogP) is -0.243. The van der Waals surface area contributed by atoms with Gasteiger partial charge in [-0.2, -0.15) is 0 Å². The number of carbonyl (C=O) groups excluding carboxylic acids is 1. The smallest absolute Gasteiger partial charge is 0.236 e. The highest BCUT2D eigenvalue weighted by molar-refractivity contribution is 7.89. The molecular formula is C9H13N3O3S. The standard InChI is InChI=1S/C9H13N3O3S/c10-8-1-3-9(4-2-8)11-5-6-16(14,15)12-7-13/h1-4,7,11H,5-6,10H2,(H,12,13). The third-order valence-corrected chi connectivity index (χ3v) is 3.04. The highest BCUT2D eigenvalue weighted by Crippen LogP contribution is 2.09. The van der Waals surface area contributed by atoms with Gasteiger partial charge < -0.3 is 11.1 Å². The van der Waals surface area contributed by atoms with Crippen molar-refractivity contribution in [3.8, 4) is 0 Å². The molecule has 0 saturated heterocycles. The lowest BCUT2D eigenvalue weighted by Gasteiger charge is -2.06. The van der Waals surface area contributed by atoms with Gasteiger partial charge in [0.15, 0.2) is 0 Å². The minimum Gasteiger partial charge on any atom is -0.399 e. The minimum absolute atomic E-state index is 0.151. The number of nitrogens with two attached hydrogens (primary N) is 1. The molecule has 0 heterocycles. The van der Waals surface area contributed by atoms with Crippen LogP contribution >= 0.6 is 0 Å². The molecule has 1 rings (SSSR count). The second-order valence-corrected chi connectivity index (χ2v) is 4.98. The Labute approximate surface area is 93.9 Å². The third-order valence-electron chi connectivity index (χ3n) is 1.84. The van der Waals surface area contributed by atoms with Crippen molar-refractivity contribution >= 4 is 27.8 Å². The van der Waals surface area contributed by atoms with Crippen LogP contribution in [0.3, 0.4) is 0 Å². The van der Waals surface area contributed by atoms with Crippen molar-refractivity contribution in [1.82, 2.24) is 4.72 Å². The summed E-state index contributed by atoms with van der Waals surface area (Å²) >= 11 is 0. The molecular weight excluding hydrogens is 230 g/mol. The van der Waals surface area contributed by atoms with Crippen LogP contribution in [0.5, 0.6) is 0 Å². The summed E-state index contributed by atoms with van der Waals surface area (Å²) < 4.78 is 23.9. The molecule has 1 aromatic carbocycles. The average molecular weight is 243 g/mol. The molecule has 6 nitrogen and oxygen atoms in total. The molecule has 0 atom stereocenters. The first-order valence-corrected chi connectivity index (χ1v) is 6.22. The number of benzene rings is 1. The molecule has 1 aromatic rings. The highest BCUT2D eigenvalue weighted by atomic mass is 32.2. The van der Waals surface area contributed by atoms with Crippen molar-refractivity contribution in [3.05, 3.63) is 24.3 Å². The highest BCUT2D eigenvalue weighted by Gasteiger charge is 2.07. The van der Waals surface area contributed by atoms with Gasteiger partial charge in [-0.05, 0) is 24.3 Å². The van der Waals surface area contributed by atoms with Crippen LogP contribution in [-0.4, -0.2) is 27.1 Å². The maximum Gasteiger partial charge on any atom is 0.236 e. The number of hydrogen-bond donors (Lipinski definition) is 3. The fourth-order valence-corrected chi connectivity index (χ4v) is 1.70. The van der Waals surface area contributed by atoms with Gasteiger partial charge in [-0.1, -0.05) is 0 Å². The van der Waals surface area contributed by atoms with Crippen molar-refractivity contribution in [3.63, 3.8) is 0 Å². The molecule has 0 aliphatic carbocycles. The van der Waals surface area contributed by atoms with Gasteiger partial charge in [-0.25, -0.2) is 8.42 Å². The number of hydrogen-bond acceptors (Lipinski definition) is 5. The summed E-state index contributed by atoms with van der Waals surface area (Å²) in [6.45, 7) is 0.215. The second-order valence-electron chi connectivity index (χ2n) is 3.10. The Morgan fingerprint density at radius 2 is 1.88 bits per heavy atom. The molecule has 1 amide bonds. The summed E-state index contributed by atoms with van der Waals surface area (Å²) in [7, 11) is -3.52. The Morgan fingerprint density at radius 1 is 1.25 bits per heavy atom. The number of carbonyl (C=O) groups is 1. The fraction of sp³-hybridized carbons (Fsp3) is 0.222. The lowest BCUT2D eigenvalue weighted by Crippen LogP contribution is -2.28. The first kappa shape index (κ1) is 12.3. The van der Waals surface area contributed by atoms with Gasteiger partial charge in [0.2, 0.25) is 16.4 Å². The normalized spacial score (nSPS) is 10.8. The summed E-state index contributed by atoms with van der Waals surface area (Å²) in [5.74, 6) is -0.171. The van der Waals surface area contributed by atoms with E-state index in [1.807, 2.05) is 0 Å². The van der Waals surface area contributed by atoms with Crippen LogP contribution in [-0.2, 0) is 14.8 Å². The van der Waals surface area contributed by atoms with E-state index in [1.54, 1.807) is 29.0 Å². The Hall–Kier alpha value is -1.76. The molecule has 7 heteroatoms. The van der Waals surface area contributed by atoms with E-state index in [0.29, 0.717) is 5.69 Å². The van der Waals surface area contributed by atoms with Crippen LogP contribution in [0.2, 0.25) is 0 Å². The zero-order valence-electron chi connectivity index (χ0n) is 8.51. The predicted molar refractivity (Wildman–Crippen MR) is 62.3 cm³/mol. The quantitative estimate of drug-likeness (QED) is 0.472. The summed E-state index contributed by atoms with van der Waals surface area (Å²) in [4.78, 5) is 9.97. The summed E-state index contributed by atoms with van der Waals surface area (Å²) in [6.07, 6.45) is 0.151. The average Bonchev–Trinajstić information content (AvgIpc) is 2.20. The molecule has 0 aliphatic heterocycles. The largest absolute Gasteiger partial charge is 0.399 e. The maximum atomic E-state index is 11.1. The third kappa shape index (κ3) is 4.18. The summed E-state index contributed by atoms with van der Waals surface area (Å²) in [5, 5.41) is 2.90. The molecule has 0 saturated carbocycles. The van der Waals surface area contributed by atoms with Gasteiger partial charge in [0.05, 0.1) is 5.75 Å². The van der Waals surface area contributed by atoms with Crippen LogP contribution in [0.15, 0.2) is 24.3 Å². The molecule has 0 spiro atoms. The van der Waals surface area contributed by atoms with Gasteiger partial charge in [-0.3, -0.25) is 9.52 Å². The van der Waals surface area contributed by atoms with E-state index < -0.39 is 10.0 Å². The number of nitrogens with one attached hydrogen (secondary N) is 2. The van der Waals surface area contributed by atoms with Crippen molar-refractivity contribution in [2.75, 3.05) is 23.3 Å². The number of anilines is 2. The van der Waals surface area contributed by atoms with Gasteiger partial charge in [-0.15, -0.1) is 0 Å². The molecule has 0 bridgehead atoms. The molecule has 0 radical (unpaired) electrons. The monoisotopic (exact) mass is 243 g/mol. The first-order chi connectivity index (χ1) is 7.53. The van der Waals surface area contributed by atoms with E-state index in [9.17, 15) is 13.2 Å². The van der Waals surface area contributed by atoms with Crippen molar-refractivity contribution in [2.45, 2.75) is 0 Å². The van der Waals surface area contributed by atoms with E-state index in [0.717, 1.165) is 5.69 Å². The maximum absolute atomic E-state index is 11.1. The van der Waals surface area contributed by atoms with Gasteiger partial charge >= 0.3 is 0 Å². The number of sulfonamides is 1. The van der Waals surface area contributed by atoms with Gasteiger partial charge in [0.1, 0.15) is 0 Å². The zero-order chi connectivity index (χ0) is 12.0.